The second-order valence-corrected chi connectivity index (χ2v) is 7.44. The van der Waals surface area contributed by atoms with Crippen LogP contribution in [0.15, 0.2) is 24.3 Å². The summed E-state index contributed by atoms with van der Waals surface area (Å²) in [5.41, 5.74) is 1.08. The number of halogens is 1. The van der Waals surface area contributed by atoms with Gasteiger partial charge in [-0.25, -0.2) is 4.39 Å². The van der Waals surface area contributed by atoms with Crippen molar-refractivity contribution in [2.45, 2.75) is 51.0 Å². The van der Waals surface area contributed by atoms with E-state index in [2.05, 4.69) is 4.90 Å². The van der Waals surface area contributed by atoms with Crippen molar-refractivity contribution in [2.24, 2.45) is 17.8 Å². The van der Waals surface area contributed by atoms with Gasteiger partial charge in [0.05, 0.1) is 6.04 Å². The number of fused-ring (bicyclic) bond motifs is 2. The van der Waals surface area contributed by atoms with Crippen molar-refractivity contribution in [3.05, 3.63) is 35.6 Å². The third-order valence-corrected chi connectivity index (χ3v) is 6.15. The van der Waals surface area contributed by atoms with Gasteiger partial charge in [-0.1, -0.05) is 18.6 Å². The highest BCUT2D eigenvalue weighted by atomic mass is 19.1. The molecule has 1 amide bonds. The summed E-state index contributed by atoms with van der Waals surface area (Å²) in [6, 6.07) is 6.84. The Labute approximate surface area is 131 Å². The molecule has 2 aliphatic carbocycles. The molecule has 2 saturated carbocycles. The maximum absolute atomic E-state index is 13.1. The second kappa shape index (κ2) is 5.68. The third-order valence-electron chi connectivity index (χ3n) is 6.15. The molecule has 4 rings (SSSR count). The molecule has 1 heterocycles. The van der Waals surface area contributed by atoms with Crippen molar-refractivity contribution in [3.8, 4) is 0 Å². The number of hydrogen-bond acceptors (Lipinski definition) is 1. The summed E-state index contributed by atoms with van der Waals surface area (Å²) in [6.45, 7) is 0.863. The standard InChI is InChI=1S/C19H24FNO/c20-17-7-5-14(6-8-17)18-2-1-9-21(18)19(22)12-16-11-13-3-4-15(16)10-13/h5-8,13,15-16,18H,1-4,9-12H2. The van der Waals surface area contributed by atoms with Crippen LogP contribution in [0.4, 0.5) is 4.39 Å². The number of carbonyl (C=O) groups is 1. The monoisotopic (exact) mass is 301 g/mol. The van der Waals surface area contributed by atoms with Crippen LogP contribution in [0, 0.1) is 23.6 Å². The molecule has 3 heteroatoms. The first kappa shape index (κ1) is 14.2. The van der Waals surface area contributed by atoms with Gasteiger partial charge in [-0.2, -0.15) is 0 Å². The Kier molecular flexibility index (Phi) is 3.67. The summed E-state index contributed by atoms with van der Waals surface area (Å²) in [6.07, 6.45) is 8.16. The SMILES string of the molecule is O=C(CC1CC2CCC1C2)N1CCCC1c1ccc(F)cc1. The average molecular weight is 301 g/mol. The summed E-state index contributed by atoms with van der Waals surface area (Å²) in [7, 11) is 0. The first-order valence-corrected chi connectivity index (χ1v) is 8.75. The zero-order chi connectivity index (χ0) is 15.1. The largest absolute Gasteiger partial charge is 0.336 e. The predicted octanol–water partition coefficient (Wildman–Crippen LogP) is 4.32. The molecular formula is C19H24FNO. The molecule has 0 spiro atoms. The molecule has 1 saturated heterocycles. The minimum atomic E-state index is -0.207. The molecule has 2 bridgehead atoms. The van der Waals surface area contributed by atoms with Gasteiger partial charge in [0.25, 0.3) is 0 Å². The molecule has 0 aromatic heterocycles. The number of benzene rings is 1. The predicted molar refractivity (Wildman–Crippen MR) is 83.6 cm³/mol. The first-order valence-electron chi connectivity index (χ1n) is 8.75. The Morgan fingerprint density at radius 3 is 2.64 bits per heavy atom. The highest BCUT2D eigenvalue weighted by molar-refractivity contribution is 5.77. The van der Waals surface area contributed by atoms with Gasteiger partial charge in [0.1, 0.15) is 5.82 Å². The van der Waals surface area contributed by atoms with E-state index in [1.807, 2.05) is 12.1 Å². The lowest BCUT2D eigenvalue weighted by Crippen LogP contribution is -2.32. The van der Waals surface area contributed by atoms with Gasteiger partial charge in [-0.15, -0.1) is 0 Å². The van der Waals surface area contributed by atoms with Gasteiger partial charge >= 0.3 is 0 Å². The maximum atomic E-state index is 13.1. The van der Waals surface area contributed by atoms with Crippen LogP contribution in [0.1, 0.15) is 56.6 Å². The highest BCUT2D eigenvalue weighted by Crippen LogP contribution is 2.50. The average Bonchev–Trinajstić information content (AvgIpc) is 3.24. The van der Waals surface area contributed by atoms with E-state index >= 15 is 0 Å². The molecule has 3 fully saturated rings. The Hall–Kier alpha value is -1.38. The molecule has 4 unspecified atom stereocenters. The lowest BCUT2D eigenvalue weighted by molar-refractivity contribution is -0.133. The Morgan fingerprint density at radius 1 is 1.14 bits per heavy atom. The van der Waals surface area contributed by atoms with E-state index in [1.54, 1.807) is 0 Å². The van der Waals surface area contributed by atoms with Crippen LogP contribution >= 0.6 is 0 Å². The van der Waals surface area contributed by atoms with E-state index in [-0.39, 0.29) is 11.9 Å². The molecular weight excluding hydrogens is 277 g/mol. The fourth-order valence-corrected chi connectivity index (χ4v) is 5.06. The highest BCUT2D eigenvalue weighted by Gasteiger charge is 2.41. The molecule has 0 radical (unpaired) electrons. The number of rotatable bonds is 3. The molecule has 118 valence electrons. The van der Waals surface area contributed by atoms with Gasteiger partial charge in [0, 0.05) is 13.0 Å². The fourth-order valence-electron chi connectivity index (χ4n) is 5.06. The van der Waals surface area contributed by atoms with Gasteiger partial charge in [-0.3, -0.25) is 4.79 Å². The molecule has 1 aliphatic heterocycles. The van der Waals surface area contributed by atoms with E-state index in [0.29, 0.717) is 11.8 Å². The fraction of sp³-hybridized carbons (Fsp3) is 0.632. The summed E-state index contributed by atoms with van der Waals surface area (Å²) in [5, 5.41) is 0. The van der Waals surface area contributed by atoms with E-state index in [1.165, 1.54) is 37.8 Å². The van der Waals surface area contributed by atoms with Crippen molar-refractivity contribution < 1.29 is 9.18 Å². The number of amides is 1. The maximum Gasteiger partial charge on any atom is 0.223 e. The molecule has 4 atom stereocenters. The van der Waals surface area contributed by atoms with Crippen molar-refractivity contribution >= 4 is 5.91 Å². The minimum absolute atomic E-state index is 0.159. The van der Waals surface area contributed by atoms with E-state index in [4.69, 9.17) is 0 Å². The van der Waals surface area contributed by atoms with Crippen molar-refractivity contribution in [1.29, 1.82) is 0 Å². The number of hydrogen-bond donors (Lipinski definition) is 0. The smallest absolute Gasteiger partial charge is 0.223 e. The zero-order valence-electron chi connectivity index (χ0n) is 13.0. The molecule has 1 aromatic carbocycles. The molecule has 0 N–H and O–H groups in total. The lowest BCUT2D eigenvalue weighted by atomic mass is 9.86. The minimum Gasteiger partial charge on any atom is -0.336 e. The Balaban J connectivity index is 1.44. The zero-order valence-corrected chi connectivity index (χ0v) is 13.0. The van der Waals surface area contributed by atoms with Crippen LogP contribution < -0.4 is 0 Å². The summed E-state index contributed by atoms with van der Waals surface area (Å²) in [5.74, 6) is 2.45. The van der Waals surface area contributed by atoms with Crippen molar-refractivity contribution in [1.82, 2.24) is 4.90 Å². The summed E-state index contributed by atoms with van der Waals surface area (Å²) in [4.78, 5) is 14.8. The van der Waals surface area contributed by atoms with Crippen LogP contribution in [-0.2, 0) is 4.79 Å². The van der Waals surface area contributed by atoms with Crippen LogP contribution in [0.5, 0.6) is 0 Å². The van der Waals surface area contributed by atoms with E-state index < -0.39 is 0 Å². The number of likely N-dealkylation sites (tertiary alicyclic amines) is 1. The van der Waals surface area contributed by atoms with E-state index in [0.717, 1.165) is 43.2 Å². The van der Waals surface area contributed by atoms with Crippen molar-refractivity contribution in [3.63, 3.8) is 0 Å². The Morgan fingerprint density at radius 2 is 1.95 bits per heavy atom. The number of nitrogens with zero attached hydrogens (tertiary/aromatic N) is 1. The lowest BCUT2D eigenvalue weighted by Gasteiger charge is -2.28. The second-order valence-electron chi connectivity index (χ2n) is 7.44. The van der Waals surface area contributed by atoms with Gasteiger partial charge in [0.15, 0.2) is 0 Å². The van der Waals surface area contributed by atoms with Crippen LogP contribution in [-0.4, -0.2) is 17.4 Å². The quantitative estimate of drug-likeness (QED) is 0.814. The van der Waals surface area contributed by atoms with Crippen LogP contribution in [0.25, 0.3) is 0 Å². The Bertz CT molecular complexity index is 555. The topological polar surface area (TPSA) is 20.3 Å². The summed E-state index contributed by atoms with van der Waals surface area (Å²) < 4.78 is 13.1. The molecule has 22 heavy (non-hydrogen) atoms. The molecule has 1 aromatic rings. The molecule has 2 nitrogen and oxygen atoms in total. The van der Waals surface area contributed by atoms with E-state index in [9.17, 15) is 9.18 Å². The third kappa shape index (κ3) is 2.55. The first-order chi connectivity index (χ1) is 10.7. The normalized spacial score (nSPS) is 33.6. The number of carbonyl (C=O) groups excluding carboxylic acids is 1. The summed E-state index contributed by atoms with van der Waals surface area (Å²) >= 11 is 0. The van der Waals surface area contributed by atoms with Crippen LogP contribution in [0.2, 0.25) is 0 Å². The van der Waals surface area contributed by atoms with Gasteiger partial charge in [0.2, 0.25) is 5.91 Å². The van der Waals surface area contributed by atoms with Gasteiger partial charge < -0.3 is 4.90 Å². The van der Waals surface area contributed by atoms with Crippen molar-refractivity contribution in [2.75, 3.05) is 6.54 Å². The molecule has 3 aliphatic rings. The van der Waals surface area contributed by atoms with Crippen LogP contribution in [0.3, 0.4) is 0 Å². The van der Waals surface area contributed by atoms with Gasteiger partial charge in [-0.05, 0) is 67.6 Å².